The lowest BCUT2D eigenvalue weighted by Gasteiger charge is -2.10. The Labute approximate surface area is 192 Å². The average Bonchev–Trinajstić information content (AvgIpc) is 3.43. The van der Waals surface area contributed by atoms with Crippen LogP contribution < -0.4 is 4.85 Å². The van der Waals surface area contributed by atoms with Crippen LogP contribution >= 0.6 is 0 Å². The Hall–Kier alpha value is -3.55. The van der Waals surface area contributed by atoms with Crippen LogP contribution in [-0.2, 0) is 22.8 Å². The molecule has 178 valence electrons. The fourth-order valence-corrected chi connectivity index (χ4v) is 4.59. The van der Waals surface area contributed by atoms with E-state index >= 15 is 0 Å². The fourth-order valence-electron chi connectivity index (χ4n) is 3.53. The molecule has 1 saturated carbocycles. The summed E-state index contributed by atoms with van der Waals surface area (Å²) in [5, 5.41) is 19.7. The number of rotatable bonds is 6. The van der Waals surface area contributed by atoms with Crippen molar-refractivity contribution in [2.45, 2.75) is 43.4 Å². The molecule has 34 heavy (non-hydrogen) atoms. The molecule has 0 aliphatic heterocycles. The van der Waals surface area contributed by atoms with E-state index in [9.17, 15) is 22.4 Å². The molecular formula is C20H19F2N7O4S. The normalized spacial score (nSPS) is 14.7. The van der Waals surface area contributed by atoms with Crippen LogP contribution in [0.5, 0.6) is 0 Å². The van der Waals surface area contributed by atoms with Crippen molar-refractivity contribution in [3.8, 4) is 22.9 Å². The van der Waals surface area contributed by atoms with E-state index in [0.717, 1.165) is 18.9 Å². The molecule has 0 N–H and O–H groups in total. The molecule has 14 heteroatoms. The maximum Gasteiger partial charge on any atom is 0.331 e. The Morgan fingerprint density at radius 3 is 2.68 bits per heavy atom. The van der Waals surface area contributed by atoms with E-state index in [0.29, 0.717) is 18.4 Å². The lowest BCUT2D eigenvalue weighted by atomic mass is 10.2. The van der Waals surface area contributed by atoms with Gasteiger partial charge in [0.1, 0.15) is 11.2 Å². The number of hydrogen-bond donors (Lipinski definition) is 0. The molecule has 1 aliphatic carbocycles. The highest BCUT2D eigenvalue weighted by molar-refractivity contribution is 7.91. The molecular weight excluding hydrogens is 472 g/mol. The molecule has 0 unspecified atom stereocenters. The highest BCUT2D eigenvalue weighted by Crippen LogP contribution is 2.40. The van der Waals surface area contributed by atoms with E-state index in [4.69, 9.17) is 4.52 Å². The summed E-state index contributed by atoms with van der Waals surface area (Å²) >= 11 is 0. The minimum atomic E-state index is -3.81. The quantitative estimate of drug-likeness (QED) is 0.293. The molecule has 0 bridgehead atoms. The summed E-state index contributed by atoms with van der Waals surface area (Å²) in [5.74, 6) is -2.69. The van der Waals surface area contributed by atoms with Gasteiger partial charge in [-0.3, -0.25) is 4.98 Å². The van der Waals surface area contributed by atoms with E-state index in [1.54, 1.807) is 0 Å². The van der Waals surface area contributed by atoms with Gasteiger partial charge in [-0.25, -0.2) is 13.4 Å². The van der Waals surface area contributed by atoms with Crippen LogP contribution in [-0.4, -0.2) is 43.9 Å². The Balaban J connectivity index is 1.68. The van der Waals surface area contributed by atoms with Crippen molar-refractivity contribution < 1.29 is 26.6 Å². The van der Waals surface area contributed by atoms with Crippen LogP contribution in [0, 0.1) is 5.21 Å². The minimum Gasteiger partial charge on any atom is -0.594 e. The smallest absolute Gasteiger partial charge is 0.331 e. The monoisotopic (exact) mass is 491 g/mol. The standard InChI is InChI=1S/C20H19F2N7O4S/c1-4-34(31,32)13-7-11(16-25-19(33-27-16)10-5-6-10)9-23-15(13)18-24-12-8-14(20(2,21)22)29(30)26-17(12)28(18)3/h7-10H,4-6H2,1-3H3. The summed E-state index contributed by atoms with van der Waals surface area (Å²) in [6.07, 6.45) is 3.31. The highest BCUT2D eigenvalue weighted by Gasteiger charge is 2.36. The zero-order valence-corrected chi connectivity index (χ0v) is 19.2. The number of imidazole rings is 1. The Kier molecular flexibility index (Phi) is 4.90. The molecule has 4 aromatic rings. The summed E-state index contributed by atoms with van der Waals surface area (Å²) in [5.41, 5.74) is -0.555. The first-order valence-corrected chi connectivity index (χ1v) is 12.1. The maximum atomic E-state index is 13.8. The van der Waals surface area contributed by atoms with Crippen molar-refractivity contribution in [3.63, 3.8) is 0 Å². The first-order valence-electron chi connectivity index (χ1n) is 10.4. The topological polar surface area (TPSA) is 144 Å². The molecule has 0 radical (unpaired) electrons. The first kappa shape index (κ1) is 22.3. The van der Waals surface area contributed by atoms with Crippen LogP contribution in [0.4, 0.5) is 8.78 Å². The van der Waals surface area contributed by atoms with Gasteiger partial charge in [0.2, 0.25) is 17.4 Å². The Morgan fingerprint density at radius 2 is 2.03 bits per heavy atom. The van der Waals surface area contributed by atoms with E-state index in [-0.39, 0.29) is 49.9 Å². The molecule has 0 saturated heterocycles. The number of nitrogens with zero attached hydrogens (tertiary/aromatic N) is 7. The second-order valence-electron chi connectivity index (χ2n) is 8.20. The number of alkyl halides is 2. The molecule has 5 rings (SSSR count). The molecule has 0 aromatic carbocycles. The molecule has 1 aliphatic rings. The molecule has 11 nitrogen and oxygen atoms in total. The summed E-state index contributed by atoms with van der Waals surface area (Å²) in [6.45, 7) is 2.06. The van der Waals surface area contributed by atoms with Crippen molar-refractivity contribution in [1.82, 2.24) is 29.8 Å². The van der Waals surface area contributed by atoms with Gasteiger partial charge in [-0.15, -0.1) is 0 Å². The molecule has 4 heterocycles. The lowest BCUT2D eigenvalue weighted by molar-refractivity contribution is -0.682. The predicted octanol–water partition coefficient (Wildman–Crippen LogP) is 2.50. The zero-order chi connectivity index (χ0) is 24.4. The number of aryl methyl sites for hydroxylation is 1. The number of fused-ring (bicyclic) bond motifs is 1. The van der Waals surface area contributed by atoms with E-state index < -0.39 is 21.5 Å². The van der Waals surface area contributed by atoms with Crippen LogP contribution in [0.3, 0.4) is 0 Å². The largest absolute Gasteiger partial charge is 0.594 e. The van der Waals surface area contributed by atoms with E-state index in [2.05, 4.69) is 25.2 Å². The van der Waals surface area contributed by atoms with Crippen molar-refractivity contribution >= 4 is 21.0 Å². The second kappa shape index (κ2) is 7.48. The summed E-state index contributed by atoms with van der Waals surface area (Å²) in [7, 11) is -2.32. The predicted molar refractivity (Wildman–Crippen MR) is 113 cm³/mol. The molecule has 0 amide bonds. The SMILES string of the molecule is CCS(=O)(=O)c1cc(-c2noc(C3CC3)n2)cnc1-c1nc2cc(C(C)(F)F)[n+]([O-])nc2n1C. The molecule has 0 atom stereocenters. The molecule has 0 spiro atoms. The average molecular weight is 491 g/mol. The van der Waals surface area contributed by atoms with Crippen LogP contribution in [0.15, 0.2) is 27.7 Å². The lowest BCUT2D eigenvalue weighted by Crippen LogP contribution is -2.40. The van der Waals surface area contributed by atoms with Gasteiger partial charge in [0.25, 0.3) is 5.69 Å². The number of sulfone groups is 1. The Bertz CT molecular complexity index is 1540. The fraction of sp³-hybridized carbons (Fsp3) is 0.400. The number of hydrogen-bond acceptors (Lipinski definition) is 9. The summed E-state index contributed by atoms with van der Waals surface area (Å²) in [4.78, 5) is 12.6. The number of aromatic nitrogens is 7. The van der Waals surface area contributed by atoms with Gasteiger partial charge in [0.05, 0.1) is 10.6 Å². The molecule has 4 aromatic heterocycles. The summed E-state index contributed by atoms with van der Waals surface area (Å²) < 4.78 is 60.1. The third-order valence-electron chi connectivity index (χ3n) is 5.61. The van der Waals surface area contributed by atoms with Crippen molar-refractivity contribution in [2.75, 3.05) is 5.75 Å². The maximum absolute atomic E-state index is 13.8. The van der Waals surface area contributed by atoms with Gasteiger partial charge in [0, 0.05) is 42.8 Å². The highest BCUT2D eigenvalue weighted by atomic mass is 32.2. The minimum absolute atomic E-state index is 0.000842. The van der Waals surface area contributed by atoms with Gasteiger partial charge >= 0.3 is 5.92 Å². The van der Waals surface area contributed by atoms with Gasteiger partial charge in [0.15, 0.2) is 15.7 Å². The van der Waals surface area contributed by atoms with Gasteiger partial charge in [-0.1, -0.05) is 12.1 Å². The van der Waals surface area contributed by atoms with Gasteiger partial charge in [-0.05, 0) is 23.8 Å². The molecule has 1 fully saturated rings. The second-order valence-corrected chi connectivity index (χ2v) is 10.4. The van der Waals surface area contributed by atoms with Crippen LogP contribution in [0.25, 0.3) is 34.1 Å². The van der Waals surface area contributed by atoms with Crippen LogP contribution in [0.1, 0.15) is 44.2 Å². The van der Waals surface area contributed by atoms with Gasteiger partial charge < -0.3 is 14.3 Å². The van der Waals surface area contributed by atoms with Crippen LogP contribution in [0.2, 0.25) is 0 Å². The Morgan fingerprint density at radius 1 is 1.29 bits per heavy atom. The first-order chi connectivity index (χ1) is 16.0. The number of pyridine rings is 1. The van der Waals surface area contributed by atoms with Crippen molar-refractivity contribution in [3.05, 3.63) is 35.1 Å². The van der Waals surface area contributed by atoms with E-state index in [1.807, 2.05) is 0 Å². The van der Waals surface area contributed by atoms with Gasteiger partial charge in [-0.2, -0.15) is 13.8 Å². The number of halogens is 2. The van der Waals surface area contributed by atoms with E-state index in [1.165, 1.54) is 30.8 Å². The van der Waals surface area contributed by atoms with Crippen molar-refractivity contribution in [1.29, 1.82) is 0 Å². The zero-order valence-electron chi connectivity index (χ0n) is 18.4. The third kappa shape index (κ3) is 3.67. The summed E-state index contributed by atoms with van der Waals surface area (Å²) in [6, 6.07) is 2.31. The van der Waals surface area contributed by atoms with Crippen molar-refractivity contribution in [2.24, 2.45) is 7.05 Å². The third-order valence-corrected chi connectivity index (χ3v) is 7.35.